The molecule has 80 valence electrons. The van der Waals surface area contributed by atoms with Gasteiger partial charge in [-0.05, 0) is 0 Å². The average molecular weight is 192 g/mol. The second kappa shape index (κ2) is 9.88. The van der Waals surface area contributed by atoms with E-state index in [1.54, 1.807) is 0 Å². The van der Waals surface area contributed by atoms with Crippen LogP contribution in [0.1, 0.15) is 0 Å². The van der Waals surface area contributed by atoms with Crippen molar-refractivity contribution >= 4 is 0 Å². The van der Waals surface area contributed by atoms with E-state index >= 15 is 0 Å². The summed E-state index contributed by atoms with van der Waals surface area (Å²) in [5, 5.41) is 3.16. The Morgan fingerprint density at radius 2 is 1.00 bits per heavy atom. The molecule has 13 heavy (non-hydrogen) atoms. The topological polar surface area (TPSA) is 74.7 Å². The molecule has 0 aliphatic carbocycles. The van der Waals surface area contributed by atoms with Gasteiger partial charge in [0.25, 0.3) is 0 Å². The van der Waals surface area contributed by atoms with Crippen LogP contribution in [0.25, 0.3) is 0 Å². The number of nitrogens with one attached hydrogen (secondary N) is 1. The Hall–Kier alpha value is -0.200. The van der Waals surface area contributed by atoms with Crippen LogP contribution < -0.4 is 11.5 Å². The first-order chi connectivity index (χ1) is 6.00. The Bertz CT molecular complexity index is 60.4. The van der Waals surface area contributed by atoms with Crippen LogP contribution in [0.2, 0.25) is 0 Å². The maximum Gasteiger partial charge on any atom is 0.0701 e. The normalized spacial score (nSPS) is 22.2. The van der Waals surface area contributed by atoms with E-state index in [2.05, 4.69) is 5.32 Å². The lowest BCUT2D eigenvalue weighted by Gasteiger charge is -2.10. The first kappa shape index (κ1) is 12.8. The van der Waals surface area contributed by atoms with Crippen molar-refractivity contribution in [3.8, 4) is 0 Å². The first-order valence-corrected chi connectivity index (χ1v) is 4.44. The summed E-state index contributed by atoms with van der Waals surface area (Å²) in [5.41, 5.74) is 0. The summed E-state index contributed by atoms with van der Waals surface area (Å²) in [4.78, 5) is 0. The fourth-order valence-electron chi connectivity index (χ4n) is 0.956. The third-order valence-electron chi connectivity index (χ3n) is 1.59. The van der Waals surface area contributed by atoms with E-state index in [1.165, 1.54) is 0 Å². The van der Waals surface area contributed by atoms with E-state index in [9.17, 15) is 0 Å². The summed E-state index contributed by atoms with van der Waals surface area (Å²) in [6, 6.07) is 0. The molecule has 0 unspecified atom stereocenters. The number of morpholine rings is 1. The van der Waals surface area contributed by atoms with Gasteiger partial charge in [0.05, 0.1) is 39.6 Å². The van der Waals surface area contributed by atoms with Gasteiger partial charge in [-0.25, -0.2) is 0 Å². The predicted octanol–water partition coefficient (Wildman–Crippen LogP) is -0.199. The van der Waals surface area contributed by atoms with E-state index in [0.717, 1.165) is 52.7 Å². The van der Waals surface area contributed by atoms with Gasteiger partial charge in [0, 0.05) is 13.1 Å². The number of rotatable bonds is 0. The molecular formula is C8H20N2O3. The molecule has 2 heterocycles. The molecule has 2 fully saturated rings. The molecule has 0 saturated carbocycles. The van der Waals surface area contributed by atoms with Gasteiger partial charge in [-0.1, -0.05) is 0 Å². The highest BCUT2D eigenvalue weighted by Gasteiger charge is 1.94. The fraction of sp³-hybridized carbons (Fsp3) is 1.00. The monoisotopic (exact) mass is 192 g/mol. The summed E-state index contributed by atoms with van der Waals surface area (Å²) in [7, 11) is 0. The number of hydrogen-bond acceptors (Lipinski definition) is 5. The molecule has 0 amide bonds. The average Bonchev–Trinajstić information content (AvgIpc) is 2.24. The quantitative estimate of drug-likeness (QED) is 0.556. The van der Waals surface area contributed by atoms with Gasteiger partial charge < -0.3 is 25.7 Å². The zero-order chi connectivity index (χ0) is 8.49. The van der Waals surface area contributed by atoms with Crippen molar-refractivity contribution < 1.29 is 14.2 Å². The molecule has 0 bridgehead atoms. The maximum atomic E-state index is 5.01. The molecule has 0 aromatic heterocycles. The smallest absolute Gasteiger partial charge is 0.0701 e. The van der Waals surface area contributed by atoms with Crippen molar-refractivity contribution in [3.63, 3.8) is 0 Å². The fourth-order valence-corrected chi connectivity index (χ4v) is 0.956. The third-order valence-corrected chi connectivity index (χ3v) is 1.59. The molecule has 2 aliphatic rings. The van der Waals surface area contributed by atoms with Gasteiger partial charge in [-0.15, -0.1) is 0 Å². The molecule has 4 N–H and O–H groups in total. The molecule has 0 spiro atoms. The zero-order valence-electron chi connectivity index (χ0n) is 8.09. The van der Waals surface area contributed by atoms with E-state index in [4.69, 9.17) is 14.2 Å². The molecule has 2 rings (SSSR count). The molecular weight excluding hydrogens is 172 g/mol. The first-order valence-electron chi connectivity index (χ1n) is 4.44. The maximum absolute atomic E-state index is 5.01. The largest absolute Gasteiger partial charge is 0.379 e. The van der Waals surface area contributed by atoms with Crippen LogP contribution in [0.3, 0.4) is 0 Å². The second-order valence-corrected chi connectivity index (χ2v) is 2.59. The van der Waals surface area contributed by atoms with Crippen LogP contribution in [-0.4, -0.2) is 52.7 Å². The van der Waals surface area contributed by atoms with E-state index in [0.29, 0.717) is 0 Å². The van der Waals surface area contributed by atoms with Crippen LogP contribution in [-0.2, 0) is 14.2 Å². The lowest BCUT2D eigenvalue weighted by atomic mass is 10.5. The van der Waals surface area contributed by atoms with Crippen molar-refractivity contribution in [3.05, 3.63) is 0 Å². The van der Waals surface area contributed by atoms with Crippen molar-refractivity contribution in [2.24, 2.45) is 0 Å². The van der Waals surface area contributed by atoms with E-state index in [-0.39, 0.29) is 6.15 Å². The Kier molecular flexibility index (Phi) is 9.73. The van der Waals surface area contributed by atoms with Crippen LogP contribution in [0.15, 0.2) is 0 Å². The Labute approximate surface area is 79.3 Å². The second-order valence-electron chi connectivity index (χ2n) is 2.59. The molecule has 0 radical (unpaired) electrons. The lowest BCUT2D eigenvalue weighted by Crippen LogP contribution is -2.30. The molecule has 5 heteroatoms. The SMILES string of the molecule is C1COCCN1.C1COCCO1.N. The minimum absolute atomic E-state index is 0. The van der Waals surface area contributed by atoms with Gasteiger partial charge in [-0.3, -0.25) is 0 Å². The van der Waals surface area contributed by atoms with Crippen molar-refractivity contribution in [1.29, 1.82) is 0 Å². The highest BCUT2D eigenvalue weighted by atomic mass is 16.6. The molecule has 2 aliphatic heterocycles. The number of ether oxygens (including phenoxy) is 3. The highest BCUT2D eigenvalue weighted by molar-refractivity contribution is 4.49. The van der Waals surface area contributed by atoms with E-state index in [1.807, 2.05) is 0 Å². The van der Waals surface area contributed by atoms with Gasteiger partial charge in [0.1, 0.15) is 0 Å². The Balaban J connectivity index is 0.000000206. The Morgan fingerprint density at radius 1 is 0.615 bits per heavy atom. The van der Waals surface area contributed by atoms with Crippen LogP contribution >= 0.6 is 0 Å². The van der Waals surface area contributed by atoms with Gasteiger partial charge in [0.15, 0.2) is 0 Å². The highest BCUT2D eigenvalue weighted by Crippen LogP contribution is 1.85. The summed E-state index contributed by atoms with van der Waals surface area (Å²) < 4.78 is 14.9. The van der Waals surface area contributed by atoms with Crippen LogP contribution in [0, 0.1) is 0 Å². The molecule has 0 aromatic rings. The van der Waals surface area contributed by atoms with Gasteiger partial charge in [-0.2, -0.15) is 0 Å². The van der Waals surface area contributed by atoms with Crippen LogP contribution in [0.5, 0.6) is 0 Å². The molecule has 5 nitrogen and oxygen atoms in total. The third kappa shape index (κ3) is 8.14. The summed E-state index contributed by atoms with van der Waals surface area (Å²) in [6.45, 7) is 6.94. The van der Waals surface area contributed by atoms with Gasteiger partial charge >= 0.3 is 0 Å². The Morgan fingerprint density at radius 3 is 1.15 bits per heavy atom. The van der Waals surface area contributed by atoms with Crippen LogP contribution in [0.4, 0.5) is 0 Å². The summed E-state index contributed by atoms with van der Waals surface area (Å²) in [6.07, 6.45) is 0. The zero-order valence-corrected chi connectivity index (χ0v) is 8.09. The summed E-state index contributed by atoms with van der Waals surface area (Å²) >= 11 is 0. The minimum atomic E-state index is 0. The standard InChI is InChI=1S/C4H9NO.C4H8O2.H3N/c1-3-6-4-2-5-1;1-2-6-4-3-5-1;/h5H,1-4H2;1-4H2;1H3. The van der Waals surface area contributed by atoms with E-state index < -0.39 is 0 Å². The summed E-state index contributed by atoms with van der Waals surface area (Å²) in [5.74, 6) is 0. The van der Waals surface area contributed by atoms with Crippen molar-refractivity contribution in [1.82, 2.24) is 11.5 Å². The minimum Gasteiger partial charge on any atom is -0.379 e. The molecule has 2 saturated heterocycles. The van der Waals surface area contributed by atoms with Crippen molar-refractivity contribution in [2.45, 2.75) is 0 Å². The lowest BCUT2D eigenvalue weighted by molar-refractivity contribution is -0.0334. The molecule has 0 aromatic carbocycles. The number of hydrogen-bond donors (Lipinski definition) is 2. The molecule has 0 atom stereocenters. The van der Waals surface area contributed by atoms with Crippen molar-refractivity contribution in [2.75, 3.05) is 52.7 Å². The van der Waals surface area contributed by atoms with Gasteiger partial charge in [0.2, 0.25) is 0 Å². The predicted molar refractivity (Wildman–Crippen MR) is 50.3 cm³/mol.